The van der Waals surface area contributed by atoms with Crippen LogP contribution >= 0.6 is 0 Å². The van der Waals surface area contributed by atoms with Gasteiger partial charge in [-0.25, -0.2) is 9.67 Å². The van der Waals surface area contributed by atoms with Crippen molar-refractivity contribution in [3.8, 4) is 11.4 Å². The van der Waals surface area contributed by atoms with Crippen LogP contribution in [0.2, 0.25) is 0 Å². The monoisotopic (exact) mass is 500 g/mol. The first-order chi connectivity index (χ1) is 18.0. The molecule has 0 radical (unpaired) electrons. The number of benzene rings is 2. The predicted molar refractivity (Wildman–Crippen MR) is 152 cm³/mol. The van der Waals surface area contributed by atoms with Crippen molar-refractivity contribution in [2.24, 2.45) is 0 Å². The van der Waals surface area contributed by atoms with Crippen LogP contribution in [-0.4, -0.2) is 46.0 Å². The highest BCUT2D eigenvalue weighted by molar-refractivity contribution is 5.80. The highest BCUT2D eigenvalue weighted by atomic mass is 16.5. The smallest absolute Gasteiger partial charge is 0.281 e. The number of ether oxygens (including phenoxy) is 1. The van der Waals surface area contributed by atoms with Crippen LogP contribution in [0.15, 0.2) is 65.5 Å². The largest absolute Gasteiger partial charge is 0.497 e. The van der Waals surface area contributed by atoms with Gasteiger partial charge >= 0.3 is 0 Å². The van der Waals surface area contributed by atoms with E-state index in [9.17, 15) is 4.79 Å². The summed E-state index contributed by atoms with van der Waals surface area (Å²) in [6, 6.07) is 20.0. The van der Waals surface area contributed by atoms with Crippen molar-refractivity contribution >= 4 is 11.0 Å². The molecular formula is C31H40N4O2. The summed E-state index contributed by atoms with van der Waals surface area (Å²) in [5.74, 6) is 0.813. The van der Waals surface area contributed by atoms with Crippen LogP contribution < -0.4 is 10.3 Å². The van der Waals surface area contributed by atoms with Gasteiger partial charge in [-0.2, -0.15) is 0 Å². The summed E-state index contributed by atoms with van der Waals surface area (Å²) in [5, 5.41) is 0.730. The molecule has 4 rings (SSSR count). The lowest BCUT2D eigenvalue weighted by Crippen LogP contribution is -2.28. The van der Waals surface area contributed by atoms with Gasteiger partial charge in [0.1, 0.15) is 5.75 Å². The lowest BCUT2D eigenvalue weighted by Gasteiger charge is -2.22. The Balaban J connectivity index is 1.79. The Kier molecular flexibility index (Phi) is 9.18. The first-order valence-corrected chi connectivity index (χ1v) is 13.6. The topological polar surface area (TPSA) is 52.3 Å². The molecule has 6 heteroatoms. The van der Waals surface area contributed by atoms with Gasteiger partial charge in [0.15, 0.2) is 5.65 Å². The quantitative estimate of drug-likeness (QED) is 0.226. The minimum absolute atomic E-state index is 0.00845. The molecular weight excluding hydrogens is 460 g/mol. The van der Waals surface area contributed by atoms with E-state index < -0.39 is 0 Å². The van der Waals surface area contributed by atoms with Gasteiger partial charge in [-0.1, -0.05) is 57.0 Å². The van der Waals surface area contributed by atoms with E-state index in [-0.39, 0.29) is 5.56 Å². The molecule has 0 aliphatic carbocycles. The third-order valence-electron chi connectivity index (χ3n) is 6.95. The van der Waals surface area contributed by atoms with E-state index in [1.165, 1.54) is 25.7 Å². The first kappa shape index (κ1) is 26.7. The SMILES string of the molecule is CCCCN(CCCC)CCc1cc(C)nc2c1c(=O)n(-c1ccccc1)n2Cc1ccc(OC)cc1. The van der Waals surface area contributed by atoms with Crippen molar-refractivity contribution in [1.82, 2.24) is 19.2 Å². The van der Waals surface area contributed by atoms with Gasteiger partial charge in [-0.3, -0.25) is 9.48 Å². The standard InChI is InChI=1S/C31H40N4O2/c1-5-7-19-33(20-8-6-2)21-18-26-22-24(3)32-30-29(26)31(36)35(27-12-10-9-11-13-27)34(30)23-25-14-16-28(37-4)17-15-25/h9-17,22H,5-8,18-21,23H2,1-4H3. The number of aromatic nitrogens is 3. The Hall–Kier alpha value is -3.38. The second-order valence-electron chi connectivity index (χ2n) is 9.78. The van der Waals surface area contributed by atoms with E-state index in [4.69, 9.17) is 9.72 Å². The van der Waals surface area contributed by atoms with Gasteiger partial charge < -0.3 is 9.64 Å². The molecule has 196 valence electrons. The Labute approximate surface area is 220 Å². The summed E-state index contributed by atoms with van der Waals surface area (Å²) < 4.78 is 9.15. The Morgan fingerprint density at radius 3 is 2.22 bits per heavy atom. The molecule has 0 unspecified atom stereocenters. The Bertz CT molecular complexity index is 1330. The van der Waals surface area contributed by atoms with Crippen LogP contribution in [0.4, 0.5) is 0 Å². The molecule has 0 amide bonds. The number of methoxy groups -OCH3 is 1. The van der Waals surface area contributed by atoms with Gasteiger partial charge in [0.05, 0.1) is 24.7 Å². The van der Waals surface area contributed by atoms with E-state index in [2.05, 4.69) is 24.8 Å². The summed E-state index contributed by atoms with van der Waals surface area (Å²) in [6.45, 7) is 10.2. The molecule has 0 spiro atoms. The predicted octanol–water partition coefficient (Wildman–Crippen LogP) is 6.00. The number of unbranched alkanes of at least 4 members (excludes halogenated alkanes) is 2. The zero-order valence-electron chi connectivity index (χ0n) is 22.7. The number of nitrogens with zero attached hydrogens (tertiary/aromatic N) is 4. The molecule has 0 bridgehead atoms. The van der Waals surface area contributed by atoms with Crippen LogP contribution in [0.5, 0.6) is 5.75 Å². The molecule has 6 nitrogen and oxygen atoms in total. The molecule has 4 aromatic rings. The Morgan fingerprint density at radius 2 is 1.59 bits per heavy atom. The molecule has 2 aromatic heterocycles. The first-order valence-electron chi connectivity index (χ1n) is 13.6. The van der Waals surface area contributed by atoms with Gasteiger partial charge in [0, 0.05) is 12.2 Å². The number of fused-ring (bicyclic) bond motifs is 1. The molecule has 0 saturated heterocycles. The summed E-state index contributed by atoms with van der Waals surface area (Å²) in [7, 11) is 1.67. The van der Waals surface area contributed by atoms with E-state index >= 15 is 0 Å². The van der Waals surface area contributed by atoms with Gasteiger partial charge in [-0.05, 0) is 80.7 Å². The lowest BCUT2D eigenvalue weighted by atomic mass is 10.1. The zero-order chi connectivity index (χ0) is 26.2. The maximum atomic E-state index is 14.0. The van der Waals surface area contributed by atoms with Crippen molar-refractivity contribution < 1.29 is 4.74 Å². The second-order valence-corrected chi connectivity index (χ2v) is 9.78. The van der Waals surface area contributed by atoms with Gasteiger partial charge in [-0.15, -0.1) is 0 Å². The fourth-order valence-electron chi connectivity index (χ4n) is 4.90. The maximum Gasteiger partial charge on any atom is 0.281 e. The van der Waals surface area contributed by atoms with E-state index in [0.717, 1.165) is 65.3 Å². The third kappa shape index (κ3) is 6.31. The van der Waals surface area contributed by atoms with Crippen LogP contribution in [0.25, 0.3) is 16.7 Å². The summed E-state index contributed by atoms with van der Waals surface area (Å²) >= 11 is 0. The molecule has 0 aliphatic rings. The number of hydrogen-bond donors (Lipinski definition) is 0. The number of pyridine rings is 1. The normalized spacial score (nSPS) is 11.5. The molecule has 2 heterocycles. The van der Waals surface area contributed by atoms with Crippen molar-refractivity contribution in [2.75, 3.05) is 26.7 Å². The summed E-state index contributed by atoms with van der Waals surface area (Å²) in [6.07, 6.45) is 5.62. The Morgan fingerprint density at radius 1 is 0.919 bits per heavy atom. The maximum absolute atomic E-state index is 14.0. The van der Waals surface area contributed by atoms with Crippen molar-refractivity contribution in [2.45, 2.75) is 59.4 Å². The highest BCUT2D eigenvalue weighted by Gasteiger charge is 2.20. The molecule has 0 fully saturated rings. The van der Waals surface area contributed by atoms with Crippen molar-refractivity contribution in [3.05, 3.63) is 87.8 Å². The van der Waals surface area contributed by atoms with Gasteiger partial charge in [0.25, 0.3) is 5.56 Å². The second kappa shape index (κ2) is 12.7. The molecule has 0 atom stereocenters. The zero-order valence-corrected chi connectivity index (χ0v) is 22.7. The minimum atomic E-state index is -0.00845. The fraction of sp³-hybridized carbons (Fsp3) is 0.419. The highest BCUT2D eigenvalue weighted by Crippen LogP contribution is 2.22. The van der Waals surface area contributed by atoms with E-state index in [0.29, 0.717) is 6.54 Å². The molecule has 0 N–H and O–H groups in total. The summed E-state index contributed by atoms with van der Waals surface area (Å²) in [4.78, 5) is 21.5. The molecule has 0 aliphatic heterocycles. The van der Waals surface area contributed by atoms with Gasteiger partial charge in [0.2, 0.25) is 0 Å². The minimum Gasteiger partial charge on any atom is -0.497 e. The average molecular weight is 501 g/mol. The molecule has 37 heavy (non-hydrogen) atoms. The number of hydrogen-bond acceptors (Lipinski definition) is 4. The fourth-order valence-corrected chi connectivity index (χ4v) is 4.90. The molecule has 0 saturated carbocycles. The average Bonchev–Trinajstić information content (AvgIpc) is 3.19. The van der Waals surface area contributed by atoms with Crippen LogP contribution in [0.1, 0.15) is 56.4 Å². The van der Waals surface area contributed by atoms with E-state index in [1.807, 2.05) is 66.2 Å². The number of para-hydroxylation sites is 1. The number of aryl methyl sites for hydroxylation is 1. The third-order valence-corrected chi connectivity index (χ3v) is 6.95. The van der Waals surface area contributed by atoms with Crippen LogP contribution in [-0.2, 0) is 13.0 Å². The van der Waals surface area contributed by atoms with E-state index in [1.54, 1.807) is 11.8 Å². The molecule has 2 aromatic carbocycles. The van der Waals surface area contributed by atoms with Crippen molar-refractivity contribution in [1.29, 1.82) is 0 Å². The van der Waals surface area contributed by atoms with Crippen LogP contribution in [0, 0.1) is 6.92 Å². The van der Waals surface area contributed by atoms with Crippen molar-refractivity contribution in [3.63, 3.8) is 0 Å². The summed E-state index contributed by atoms with van der Waals surface area (Å²) in [5.41, 5.74) is 4.68. The lowest BCUT2D eigenvalue weighted by molar-refractivity contribution is 0.268. The van der Waals surface area contributed by atoms with Crippen LogP contribution in [0.3, 0.4) is 0 Å². The number of rotatable bonds is 13.